The number of hydrogen-bond donors (Lipinski definition) is 4. The number of hydrogen-bond acceptors (Lipinski definition) is 4. The molecule has 376 valence electrons. The fraction of sp³-hybridized carbons (Fsp3) is 0.929. The first-order valence-corrected chi connectivity index (χ1v) is 28.5. The third-order valence-electron chi connectivity index (χ3n) is 13.9. The van der Waals surface area contributed by atoms with Crippen LogP contribution >= 0.6 is 0 Å². The maximum Gasteiger partial charge on any atom is 0.220 e. The Morgan fingerprint density at radius 1 is 0.312 bits per heavy atom. The molecule has 0 aromatic rings. The Bertz CT molecular complexity index is 1060. The van der Waals surface area contributed by atoms with Crippen LogP contribution in [0.4, 0.5) is 0 Å². The highest BCUT2D eigenvalue weighted by atomic mass is 16.2. The summed E-state index contributed by atoms with van der Waals surface area (Å²) in [6.07, 6.45) is 53.8. The van der Waals surface area contributed by atoms with Gasteiger partial charge in [0.25, 0.3) is 0 Å². The van der Waals surface area contributed by atoms with Crippen LogP contribution in [0.3, 0.4) is 0 Å². The van der Waals surface area contributed by atoms with Crippen LogP contribution in [0.2, 0.25) is 0 Å². The Hall–Kier alpha value is -2.12. The van der Waals surface area contributed by atoms with Gasteiger partial charge in [-0.05, 0) is 63.7 Å². The standard InChI is InChI=1S/C56H108N4O4/c1-3-5-7-9-11-15-22-29-35-41-54(62)58-49-50-59-55(63)42-36-30-24-19-14-20-26-32-38-48-57-53(61)40-34-28-23-18-13-17-21-27-33-39-51-44-46-52(47-45-51)60-56(64)43-37-31-25-16-12-10-8-6-4-2/h51-52H,3-50H2,1-2H3,(H,57,61)(H,58,62)(H,59,63)(H,60,64). The summed E-state index contributed by atoms with van der Waals surface area (Å²) in [6, 6.07) is 0.421. The summed E-state index contributed by atoms with van der Waals surface area (Å²) < 4.78 is 0. The van der Waals surface area contributed by atoms with Crippen LogP contribution in [0, 0.1) is 5.92 Å². The summed E-state index contributed by atoms with van der Waals surface area (Å²) in [5, 5.41) is 12.4. The second kappa shape index (κ2) is 47.4. The topological polar surface area (TPSA) is 116 Å². The van der Waals surface area contributed by atoms with Crippen molar-refractivity contribution >= 4 is 23.6 Å². The summed E-state index contributed by atoms with van der Waals surface area (Å²) >= 11 is 0. The van der Waals surface area contributed by atoms with Gasteiger partial charge in [0.15, 0.2) is 0 Å². The minimum atomic E-state index is 0.0933. The van der Waals surface area contributed by atoms with Gasteiger partial charge >= 0.3 is 0 Å². The largest absolute Gasteiger partial charge is 0.356 e. The molecular formula is C56H108N4O4. The van der Waals surface area contributed by atoms with Crippen molar-refractivity contribution in [3.8, 4) is 0 Å². The first-order valence-electron chi connectivity index (χ1n) is 28.5. The van der Waals surface area contributed by atoms with Crippen LogP contribution in [0.1, 0.15) is 303 Å². The molecule has 4 N–H and O–H groups in total. The number of carbonyl (C=O) groups is 4. The van der Waals surface area contributed by atoms with Gasteiger partial charge < -0.3 is 21.3 Å². The molecule has 0 spiro atoms. The van der Waals surface area contributed by atoms with Gasteiger partial charge in [-0.2, -0.15) is 0 Å². The second-order valence-electron chi connectivity index (χ2n) is 20.1. The first kappa shape index (κ1) is 59.9. The van der Waals surface area contributed by atoms with Crippen LogP contribution in [-0.2, 0) is 19.2 Å². The highest BCUT2D eigenvalue weighted by Crippen LogP contribution is 2.29. The van der Waals surface area contributed by atoms with Crippen molar-refractivity contribution in [1.29, 1.82) is 0 Å². The molecular weight excluding hydrogens is 793 g/mol. The summed E-state index contributed by atoms with van der Waals surface area (Å²) in [5.74, 6) is 1.58. The quantitative estimate of drug-likeness (QED) is 0.0455. The average molecular weight is 902 g/mol. The Balaban J connectivity index is 1.76. The lowest BCUT2D eigenvalue weighted by atomic mass is 9.83. The van der Waals surface area contributed by atoms with E-state index in [4.69, 9.17) is 0 Å². The number of amides is 4. The molecule has 8 heteroatoms. The van der Waals surface area contributed by atoms with Gasteiger partial charge in [0.1, 0.15) is 0 Å². The van der Waals surface area contributed by atoms with Crippen molar-refractivity contribution in [3.63, 3.8) is 0 Å². The highest BCUT2D eigenvalue weighted by molar-refractivity contribution is 5.77. The molecule has 0 saturated heterocycles. The van der Waals surface area contributed by atoms with E-state index in [-0.39, 0.29) is 23.6 Å². The minimum Gasteiger partial charge on any atom is -0.356 e. The lowest BCUT2D eigenvalue weighted by molar-refractivity contribution is -0.123. The van der Waals surface area contributed by atoms with Crippen molar-refractivity contribution in [2.24, 2.45) is 5.92 Å². The fourth-order valence-corrected chi connectivity index (χ4v) is 9.59. The molecule has 0 aromatic carbocycles. The zero-order chi connectivity index (χ0) is 46.2. The molecule has 8 nitrogen and oxygen atoms in total. The molecule has 0 aromatic heterocycles. The van der Waals surface area contributed by atoms with Crippen LogP contribution in [0.25, 0.3) is 0 Å². The Morgan fingerprint density at radius 3 is 0.953 bits per heavy atom. The van der Waals surface area contributed by atoms with Gasteiger partial charge in [0, 0.05) is 51.4 Å². The van der Waals surface area contributed by atoms with E-state index in [9.17, 15) is 19.2 Å². The predicted molar refractivity (Wildman–Crippen MR) is 274 cm³/mol. The normalized spacial score (nSPS) is 15.0. The third-order valence-corrected chi connectivity index (χ3v) is 13.9. The molecule has 0 atom stereocenters. The number of carbonyl (C=O) groups excluding carboxylic acids is 4. The number of rotatable bonds is 48. The van der Waals surface area contributed by atoms with Gasteiger partial charge in [-0.1, -0.05) is 219 Å². The maximum atomic E-state index is 12.4. The molecule has 1 fully saturated rings. The van der Waals surface area contributed by atoms with Gasteiger partial charge in [-0.3, -0.25) is 19.2 Å². The van der Waals surface area contributed by atoms with E-state index >= 15 is 0 Å². The maximum absolute atomic E-state index is 12.4. The van der Waals surface area contributed by atoms with Gasteiger partial charge in [-0.25, -0.2) is 0 Å². The molecule has 0 heterocycles. The van der Waals surface area contributed by atoms with Crippen LogP contribution in [-0.4, -0.2) is 49.3 Å². The van der Waals surface area contributed by atoms with Crippen molar-refractivity contribution in [2.75, 3.05) is 19.6 Å². The zero-order valence-electron chi connectivity index (χ0n) is 42.7. The lowest BCUT2D eigenvalue weighted by Gasteiger charge is -2.29. The molecule has 64 heavy (non-hydrogen) atoms. The Morgan fingerprint density at radius 2 is 0.594 bits per heavy atom. The fourth-order valence-electron chi connectivity index (χ4n) is 9.59. The first-order chi connectivity index (χ1) is 31.4. The van der Waals surface area contributed by atoms with E-state index < -0.39 is 0 Å². The van der Waals surface area contributed by atoms with E-state index in [1.807, 2.05) is 0 Å². The average Bonchev–Trinajstić information content (AvgIpc) is 3.29. The summed E-state index contributed by atoms with van der Waals surface area (Å²) in [4.78, 5) is 48.8. The van der Waals surface area contributed by atoms with Gasteiger partial charge in [-0.15, -0.1) is 0 Å². The molecule has 0 unspecified atom stereocenters. The molecule has 0 bridgehead atoms. The van der Waals surface area contributed by atoms with Crippen LogP contribution < -0.4 is 21.3 Å². The lowest BCUT2D eigenvalue weighted by Crippen LogP contribution is -2.37. The molecule has 1 aliphatic carbocycles. The van der Waals surface area contributed by atoms with E-state index in [0.29, 0.717) is 38.4 Å². The number of unbranched alkanes of at least 4 members (excludes halogenated alkanes) is 32. The summed E-state index contributed by atoms with van der Waals surface area (Å²) in [6.45, 7) is 6.36. The Kier molecular flexibility index (Phi) is 44.3. The van der Waals surface area contributed by atoms with Gasteiger partial charge in [0.2, 0.25) is 23.6 Å². The second-order valence-corrected chi connectivity index (χ2v) is 20.1. The predicted octanol–water partition coefficient (Wildman–Crippen LogP) is 15.0. The van der Waals surface area contributed by atoms with Crippen LogP contribution in [0.15, 0.2) is 0 Å². The van der Waals surface area contributed by atoms with Crippen molar-refractivity contribution < 1.29 is 19.2 Å². The van der Waals surface area contributed by atoms with E-state index in [1.54, 1.807) is 0 Å². The molecule has 0 aliphatic heterocycles. The molecule has 0 radical (unpaired) electrons. The summed E-state index contributed by atoms with van der Waals surface area (Å²) in [7, 11) is 0. The SMILES string of the molecule is CCCCCCCCCCCC(=O)NCCNC(=O)CCCCCCCCCCCNC(=O)CCCCCCCCCCCC1CCC(NC(=O)CCCCCCCCCCC)CC1. The third kappa shape index (κ3) is 42.5. The van der Waals surface area contributed by atoms with Gasteiger partial charge in [0.05, 0.1) is 0 Å². The Labute approximate surface area is 397 Å². The van der Waals surface area contributed by atoms with Crippen molar-refractivity contribution in [2.45, 2.75) is 309 Å². The van der Waals surface area contributed by atoms with Crippen LogP contribution in [0.5, 0.6) is 0 Å². The van der Waals surface area contributed by atoms with Crippen molar-refractivity contribution in [3.05, 3.63) is 0 Å². The molecule has 1 rings (SSSR count). The molecule has 1 saturated carbocycles. The summed E-state index contributed by atoms with van der Waals surface area (Å²) in [5.41, 5.74) is 0. The van der Waals surface area contributed by atoms with Crippen molar-refractivity contribution in [1.82, 2.24) is 21.3 Å². The van der Waals surface area contributed by atoms with E-state index in [2.05, 4.69) is 35.1 Å². The molecule has 4 amide bonds. The van der Waals surface area contributed by atoms with E-state index in [0.717, 1.165) is 63.8 Å². The monoisotopic (exact) mass is 901 g/mol. The highest BCUT2D eigenvalue weighted by Gasteiger charge is 2.22. The molecule has 1 aliphatic rings. The minimum absolute atomic E-state index is 0.0933. The number of nitrogens with one attached hydrogen (secondary N) is 4. The smallest absolute Gasteiger partial charge is 0.220 e. The zero-order valence-corrected chi connectivity index (χ0v) is 42.7. The van der Waals surface area contributed by atoms with E-state index in [1.165, 1.54) is 218 Å².